The fraction of sp³-hybridized carbons (Fsp3) is 0.455. The minimum absolute atomic E-state index is 0.235. The maximum absolute atomic E-state index is 13.3. The molecule has 0 aromatic heterocycles. The molecule has 0 amide bonds. The molecule has 0 saturated carbocycles. The minimum atomic E-state index is -1.30. The van der Waals surface area contributed by atoms with Crippen LogP contribution in [-0.2, 0) is 0 Å². The number of aliphatic hydroxyl groups is 1. The van der Waals surface area contributed by atoms with Crippen molar-refractivity contribution in [2.24, 2.45) is 11.7 Å². The van der Waals surface area contributed by atoms with Crippen molar-refractivity contribution >= 4 is 0 Å². The lowest BCUT2D eigenvalue weighted by Gasteiger charge is -2.22. The van der Waals surface area contributed by atoms with E-state index in [1.54, 1.807) is 13.8 Å². The Kier molecular flexibility index (Phi) is 3.93. The van der Waals surface area contributed by atoms with Gasteiger partial charge in [-0.1, -0.05) is 13.8 Å². The molecule has 0 unspecified atom stereocenters. The molecule has 0 radical (unpaired) electrons. The van der Waals surface area contributed by atoms with Gasteiger partial charge < -0.3 is 10.8 Å². The maximum Gasteiger partial charge on any atom is 0.163 e. The number of benzene rings is 1. The number of hydrogen-bond acceptors (Lipinski definition) is 2. The molecule has 1 rings (SSSR count). The van der Waals surface area contributed by atoms with Crippen molar-refractivity contribution in [2.45, 2.75) is 26.0 Å². The van der Waals surface area contributed by atoms with E-state index in [1.807, 2.05) is 0 Å². The number of aliphatic hydroxyl groups excluding tert-OH is 1. The van der Waals surface area contributed by atoms with Crippen LogP contribution in [0.1, 0.15) is 25.5 Å². The molecule has 0 aliphatic rings. The van der Waals surface area contributed by atoms with Crippen LogP contribution in [0.4, 0.5) is 13.2 Å². The molecular formula is C11H14F3NO. The summed E-state index contributed by atoms with van der Waals surface area (Å²) in [5.41, 5.74) is 5.21. The van der Waals surface area contributed by atoms with Crippen LogP contribution >= 0.6 is 0 Å². The highest BCUT2D eigenvalue weighted by Gasteiger charge is 2.25. The van der Waals surface area contributed by atoms with E-state index < -0.39 is 29.6 Å². The van der Waals surface area contributed by atoms with Gasteiger partial charge in [0, 0.05) is 11.6 Å². The summed E-state index contributed by atoms with van der Waals surface area (Å²) in [5.74, 6) is -3.67. The van der Waals surface area contributed by atoms with Crippen molar-refractivity contribution < 1.29 is 18.3 Å². The average Bonchev–Trinajstić information content (AvgIpc) is 2.21. The molecule has 0 saturated heterocycles. The van der Waals surface area contributed by atoms with Gasteiger partial charge in [-0.25, -0.2) is 13.2 Å². The largest absolute Gasteiger partial charge is 0.391 e. The average molecular weight is 233 g/mol. The zero-order valence-corrected chi connectivity index (χ0v) is 9.05. The van der Waals surface area contributed by atoms with E-state index in [4.69, 9.17) is 5.73 Å². The van der Waals surface area contributed by atoms with Gasteiger partial charge in [0.15, 0.2) is 11.6 Å². The van der Waals surface area contributed by atoms with Gasteiger partial charge in [-0.2, -0.15) is 0 Å². The first-order valence-corrected chi connectivity index (χ1v) is 4.92. The normalized spacial score (nSPS) is 15.2. The zero-order valence-electron chi connectivity index (χ0n) is 9.05. The van der Waals surface area contributed by atoms with Crippen molar-refractivity contribution in [3.8, 4) is 0 Å². The Morgan fingerprint density at radius 1 is 1.19 bits per heavy atom. The minimum Gasteiger partial charge on any atom is -0.391 e. The summed E-state index contributed by atoms with van der Waals surface area (Å²) in [6.45, 7) is 3.36. The van der Waals surface area contributed by atoms with Gasteiger partial charge in [0.05, 0.1) is 12.1 Å². The summed E-state index contributed by atoms with van der Waals surface area (Å²) in [7, 11) is 0. The maximum atomic E-state index is 13.3. The molecule has 2 atom stereocenters. The van der Waals surface area contributed by atoms with E-state index in [1.165, 1.54) is 0 Å². The predicted molar refractivity (Wildman–Crippen MR) is 54.1 cm³/mol. The van der Waals surface area contributed by atoms with Crippen LogP contribution < -0.4 is 5.73 Å². The van der Waals surface area contributed by atoms with Gasteiger partial charge in [-0.3, -0.25) is 0 Å². The Labute approximate surface area is 91.9 Å². The number of nitrogens with two attached hydrogens (primary N) is 1. The highest BCUT2D eigenvalue weighted by molar-refractivity contribution is 5.24. The van der Waals surface area contributed by atoms with Gasteiger partial charge in [0.1, 0.15) is 5.82 Å². The fourth-order valence-corrected chi connectivity index (χ4v) is 1.42. The SMILES string of the molecule is CC(C)[C@H](O)[C@H](N)c1cc(F)cc(F)c1F. The molecule has 90 valence electrons. The van der Waals surface area contributed by atoms with E-state index in [9.17, 15) is 18.3 Å². The Morgan fingerprint density at radius 2 is 1.75 bits per heavy atom. The number of halogens is 3. The molecule has 16 heavy (non-hydrogen) atoms. The lowest BCUT2D eigenvalue weighted by atomic mass is 9.94. The van der Waals surface area contributed by atoms with E-state index in [0.717, 1.165) is 6.07 Å². The van der Waals surface area contributed by atoms with E-state index >= 15 is 0 Å². The predicted octanol–water partition coefficient (Wildman–Crippen LogP) is 2.12. The molecule has 3 N–H and O–H groups in total. The third kappa shape index (κ3) is 2.54. The summed E-state index contributed by atoms with van der Waals surface area (Å²) < 4.78 is 39.1. The highest BCUT2D eigenvalue weighted by Crippen LogP contribution is 2.24. The van der Waals surface area contributed by atoms with Crippen LogP contribution in [0.15, 0.2) is 12.1 Å². The summed E-state index contributed by atoms with van der Waals surface area (Å²) in [6, 6.07) is 0.0901. The monoisotopic (exact) mass is 233 g/mol. The zero-order chi connectivity index (χ0) is 12.5. The molecule has 0 heterocycles. The lowest BCUT2D eigenvalue weighted by molar-refractivity contribution is 0.0962. The topological polar surface area (TPSA) is 46.2 Å². The summed E-state index contributed by atoms with van der Waals surface area (Å²) in [4.78, 5) is 0. The van der Waals surface area contributed by atoms with Gasteiger partial charge in [0.25, 0.3) is 0 Å². The Bertz CT molecular complexity index is 382. The quantitative estimate of drug-likeness (QED) is 0.785. The summed E-state index contributed by atoms with van der Waals surface area (Å²) >= 11 is 0. The Morgan fingerprint density at radius 3 is 2.25 bits per heavy atom. The molecule has 0 spiro atoms. The van der Waals surface area contributed by atoms with Gasteiger partial charge in [0.2, 0.25) is 0 Å². The smallest absolute Gasteiger partial charge is 0.163 e. The molecule has 0 fully saturated rings. The summed E-state index contributed by atoms with van der Waals surface area (Å²) in [5, 5.41) is 9.62. The highest BCUT2D eigenvalue weighted by atomic mass is 19.2. The second kappa shape index (κ2) is 4.84. The molecule has 1 aromatic carbocycles. The Balaban J connectivity index is 3.13. The van der Waals surface area contributed by atoms with Crippen molar-refractivity contribution in [1.82, 2.24) is 0 Å². The van der Waals surface area contributed by atoms with Crippen LogP contribution in [0.2, 0.25) is 0 Å². The van der Waals surface area contributed by atoms with Crippen LogP contribution in [0.3, 0.4) is 0 Å². The molecule has 0 aliphatic heterocycles. The number of rotatable bonds is 3. The van der Waals surface area contributed by atoms with Crippen molar-refractivity contribution in [1.29, 1.82) is 0 Å². The Hall–Kier alpha value is -1.07. The first-order valence-electron chi connectivity index (χ1n) is 4.92. The van der Waals surface area contributed by atoms with Gasteiger partial charge in [-0.05, 0) is 12.0 Å². The van der Waals surface area contributed by atoms with Crippen LogP contribution in [0, 0.1) is 23.4 Å². The molecule has 0 aliphatic carbocycles. The second-order valence-corrected chi connectivity index (χ2v) is 4.05. The van der Waals surface area contributed by atoms with Gasteiger partial charge in [-0.15, -0.1) is 0 Å². The van der Waals surface area contributed by atoms with E-state index in [2.05, 4.69) is 0 Å². The summed E-state index contributed by atoms with van der Waals surface area (Å²) in [6.07, 6.45) is -1.06. The lowest BCUT2D eigenvalue weighted by Crippen LogP contribution is -2.31. The molecular weight excluding hydrogens is 219 g/mol. The third-order valence-electron chi connectivity index (χ3n) is 2.43. The second-order valence-electron chi connectivity index (χ2n) is 4.05. The van der Waals surface area contributed by atoms with Crippen LogP contribution in [0.25, 0.3) is 0 Å². The molecule has 0 bridgehead atoms. The van der Waals surface area contributed by atoms with Crippen molar-refractivity contribution in [3.05, 3.63) is 35.1 Å². The van der Waals surface area contributed by atoms with Gasteiger partial charge >= 0.3 is 0 Å². The first-order chi connectivity index (χ1) is 7.34. The first kappa shape index (κ1) is 13.0. The molecule has 1 aromatic rings. The van der Waals surface area contributed by atoms with Crippen LogP contribution in [-0.4, -0.2) is 11.2 Å². The van der Waals surface area contributed by atoms with Crippen LogP contribution in [0.5, 0.6) is 0 Å². The molecule has 2 nitrogen and oxygen atoms in total. The fourth-order valence-electron chi connectivity index (χ4n) is 1.42. The van der Waals surface area contributed by atoms with Crippen molar-refractivity contribution in [2.75, 3.05) is 0 Å². The number of hydrogen-bond donors (Lipinski definition) is 2. The third-order valence-corrected chi connectivity index (χ3v) is 2.43. The van der Waals surface area contributed by atoms with E-state index in [0.29, 0.717) is 6.07 Å². The molecule has 5 heteroatoms. The van der Waals surface area contributed by atoms with E-state index in [-0.39, 0.29) is 11.5 Å². The van der Waals surface area contributed by atoms with Crippen molar-refractivity contribution in [3.63, 3.8) is 0 Å². The standard InChI is InChI=1S/C11H14F3NO/c1-5(2)11(16)10(15)7-3-6(12)4-8(13)9(7)14/h3-5,10-11,16H,15H2,1-2H3/t10-,11+/m1/s1.